The van der Waals surface area contributed by atoms with Crippen molar-refractivity contribution in [2.75, 3.05) is 0 Å². The van der Waals surface area contributed by atoms with Gasteiger partial charge in [-0.1, -0.05) is 24.3 Å². The molecule has 1 N–H and O–H groups in total. The highest BCUT2D eigenvalue weighted by atomic mass is 16.2. The number of amides is 4. The van der Waals surface area contributed by atoms with Crippen LogP contribution in [0.5, 0.6) is 0 Å². The van der Waals surface area contributed by atoms with Crippen LogP contribution in [0.4, 0.5) is 4.79 Å². The number of aryl methyl sites for hydroxylation is 1. The second-order valence-electron chi connectivity index (χ2n) is 4.55. The molecule has 1 heterocycles. The van der Waals surface area contributed by atoms with Crippen molar-refractivity contribution in [2.45, 2.75) is 25.3 Å². The lowest BCUT2D eigenvalue weighted by atomic mass is 10.1. The lowest BCUT2D eigenvalue weighted by Crippen LogP contribution is -2.53. The molecule has 1 aromatic rings. The summed E-state index contributed by atoms with van der Waals surface area (Å²) in [5.74, 6) is -0.932. The van der Waals surface area contributed by atoms with Crippen molar-refractivity contribution < 1.29 is 14.4 Å². The van der Waals surface area contributed by atoms with E-state index < -0.39 is 17.8 Å². The van der Waals surface area contributed by atoms with E-state index in [1.807, 2.05) is 24.3 Å². The SMILES string of the molecule is O=C1CC(=O)N(C2CCc3ccccc32)C(=O)N1. The fraction of sp³-hybridized carbons (Fsp3) is 0.308. The number of urea groups is 1. The molecule has 0 bridgehead atoms. The number of benzene rings is 1. The second kappa shape index (κ2) is 3.94. The highest BCUT2D eigenvalue weighted by Gasteiger charge is 2.39. The van der Waals surface area contributed by atoms with E-state index in [9.17, 15) is 14.4 Å². The maximum Gasteiger partial charge on any atom is 0.331 e. The summed E-state index contributed by atoms with van der Waals surface area (Å²) in [6, 6.07) is 6.95. The molecule has 1 aromatic carbocycles. The summed E-state index contributed by atoms with van der Waals surface area (Å²) in [4.78, 5) is 35.9. The van der Waals surface area contributed by atoms with E-state index in [-0.39, 0.29) is 12.5 Å². The van der Waals surface area contributed by atoms with Crippen molar-refractivity contribution >= 4 is 17.8 Å². The second-order valence-corrected chi connectivity index (χ2v) is 4.55. The van der Waals surface area contributed by atoms with Crippen molar-refractivity contribution in [1.82, 2.24) is 10.2 Å². The molecule has 3 rings (SSSR count). The van der Waals surface area contributed by atoms with Crippen LogP contribution in [0.25, 0.3) is 0 Å². The van der Waals surface area contributed by atoms with E-state index in [1.165, 1.54) is 10.5 Å². The quantitative estimate of drug-likeness (QED) is 0.753. The molecular weight excluding hydrogens is 232 g/mol. The molecule has 1 saturated heterocycles. The van der Waals surface area contributed by atoms with Crippen molar-refractivity contribution in [3.8, 4) is 0 Å². The van der Waals surface area contributed by atoms with Gasteiger partial charge in [0, 0.05) is 0 Å². The molecule has 1 aliphatic heterocycles. The van der Waals surface area contributed by atoms with E-state index >= 15 is 0 Å². The van der Waals surface area contributed by atoms with E-state index in [2.05, 4.69) is 5.32 Å². The normalized spacial score (nSPS) is 23.0. The smallest absolute Gasteiger partial charge is 0.277 e. The van der Waals surface area contributed by atoms with Gasteiger partial charge >= 0.3 is 6.03 Å². The summed E-state index contributed by atoms with van der Waals surface area (Å²) in [6.45, 7) is 0. The Balaban J connectivity index is 1.95. The Morgan fingerprint density at radius 2 is 1.94 bits per heavy atom. The molecule has 1 aliphatic carbocycles. The monoisotopic (exact) mass is 244 g/mol. The lowest BCUT2D eigenvalue weighted by molar-refractivity contribution is -0.137. The highest BCUT2D eigenvalue weighted by Crippen LogP contribution is 2.36. The molecule has 0 aromatic heterocycles. The number of carbonyl (C=O) groups excluding carboxylic acids is 3. The number of hydrogen-bond acceptors (Lipinski definition) is 3. The standard InChI is InChI=1S/C13H12N2O3/c16-11-7-12(17)15(13(18)14-11)10-6-5-8-3-1-2-4-9(8)10/h1-4,10H,5-7H2,(H,14,16,18). The van der Waals surface area contributed by atoms with Gasteiger partial charge in [-0.15, -0.1) is 0 Å². The molecule has 0 spiro atoms. The van der Waals surface area contributed by atoms with Crippen LogP contribution in [0.1, 0.15) is 30.0 Å². The van der Waals surface area contributed by atoms with E-state index in [0.717, 1.165) is 18.4 Å². The molecule has 92 valence electrons. The minimum Gasteiger partial charge on any atom is -0.277 e. The van der Waals surface area contributed by atoms with Gasteiger partial charge in [0.1, 0.15) is 6.42 Å². The minimum atomic E-state index is -0.599. The third-order valence-corrected chi connectivity index (χ3v) is 3.46. The van der Waals surface area contributed by atoms with Gasteiger partial charge in [0.05, 0.1) is 6.04 Å². The van der Waals surface area contributed by atoms with Crippen LogP contribution in [0.3, 0.4) is 0 Å². The maximum absolute atomic E-state index is 11.9. The number of nitrogens with one attached hydrogen (secondary N) is 1. The Bertz CT molecular complexity index is 533. The van der Waals surface area contributed by atoms with E-state index in [4.69, 9.17) is 0 Å². The number of imide groups is 2. The van der Waals surface area contributed by atoms with Crippen molar-refractivity contribution in [3.05, 3.63) is 35.4 Å². The van der Waals surface area contributed by atoms with Crippen LogP contribution in [-0.4, -0.2) is 22.7 Å². The van der Waals surface area contributed by atoms with Crippen LogP contribution >= 0.6 is 0 Å². The predicted octanol–water partition coefficient (Wildman–Crippen LogP) is 1.14. The summed E-state index contributed by atoms with van der Waals surface area (Å²) in [5.41, 5.74) is 2.18. The zero-order valence-corrected chi connectivity index (χ0v) is 9.68. The maximum atomic E-state index is 11.9. The first-order valence-corrected chi connectivity index (χ1v) is 5.90. The number of rotatable bonds is 1. The van der Waals surface area contributed by atoms with Gasteiger partial charge in [-0.2, -0.15) is 0 Å². The van der Waals surface area contributed by atoms with Crippen LogP contribution in [0.15, 0.2) is 24.3 Å². The third-order valence-electron chi connectivity index (χ3n) is 3.46. The van der Waals surface area contributed by atoms with Gasteiger partial charge in [0.25, 0.3) is 0 Å². The third kappa shape index (κ3) is 1.59. The van der Waals surface area contributed by atoms with Gasteiger partial charge in [-0.25, -0.2) is 4.79 Å². The molecule has 0 radical (unpaired) electrons. The Morgan fingerprint density at radius 1 is 1.17 bits per heavy atom. The summed E-state index contributed by atoms with van der Waals surface area (Å²) >= 11 is 0. The van der Waals surface area contributed by atoms with Gasteiger partial charge in [-0.3, -0.25) is 19.8 Å². The van der Waals surface area contributed by atoms with Crippen molar-refractivity contribution in [1.29, 1.82) is 0 Å². The van der Waals surface area contributed by atoms with Crippen LogP contribution in [-0.2, 0) is 16.0 Å². The predicted molar refractivity (Wildman–Crippen MR) is 62.5 cm³/mol. The Hall–Kier alpha value is -2.17. The summed E-state index contributed by atoms with van der Waals surface area (Å²) in [5, 5.41) is 2.19. The van der Waals surface area contributed by atoms with E-state index in [1.54, 1.807) is 0 Å². The van der Waals surface area contributed by atoms with Crippen molar-refractivity contribution in [3.63, 3.8) is 0 Å². The van der Waals surface area contributed by atoms with Crippen LogP contribution < -0.4 is 5.32 Å². The average molecular weight is 244 g/mol. The summed E-state index contributed by atoms with van der Waals surface area (Å²) in [7, 11) is 0. The van der Waals surface area contributed by atoms with Gasteiger partial charge < -0.3 is 0 Å². The fourth-order valence-corrected chi connectivity index (χ4v) is 2.68. The highest BCUT2D eigenvalue weighted by molar-refractivity contribution is 6.14. The lowest BCUT2D eigenvalue weighted by Gasteiger charge is -2.30. The van der Waals surface area contributed by atoms with Gasteiger partial charge in [0.15, 0.2) is 0 Å². The molecule has 1 unspecified atom stereocenters. The first-order valence-electron chi connectivity index (χ1n) is 5.90. The van der Waals surface area contributed by atoms with Crippen molar-refractivity contribution in [2.24, 2.45) is 0 Å². The summed E-state index contributed by atoms with van der Waals surface area (Å²) < 4.78 is 0. The Labute approximate surface area is 104 Å². The number of carbonyl (C=O) groups is 3. The molecule has 18 heavy (non-hydrogen) atoms. The number of barbiturate groups is 1. The van der Waals surface area contributed by atoms with E-state index in [0.29, 0.717) is 0 Å². The molecule has 1 atom stereocenters. The van der Waals surface area contributed by atoms with Gasteiger partial charge in [0.2, 0.25) is 11.8 Å². The Kier molecular flexibility index (Phi) is 2.40. The molecule has 5 nitrogen and oxygen atoms in total. The summed E-state index contributed by atoms with van der Waals surface area (Å²) in [6.07, 6.45) is 1.34. The average Bonchev–Trinajstić information content (AvgIpc) is 2.72. The van der Waals surface area contributed by atoms with Crippen LogP contribution in [0, 0.1) is 0 Å². The Morgan fingerprint density at radius 3 is 2.72 bits per heavy atom. The number of nitrogens with zero attached hydrogens (tertiary/aromatic N) is 1. The first kappa shape index (κ1) is 11.0. The molecule has 5 heteroatoms. The number of fused-ring (bicyclic) bond motifs is 1. The van der Waals surface area contributed by atoms with Gasteiger partial charge in [-0.05, 0) is 24.0 Å². The number of hydrogen-bond donors (Lipinski definition) is 1. The zero-order chi connectivity index (χ0) is 12.7. The molecule has 2 aliphatic rings. The first-order chi connectivity index (χ1) is 8.66. The molecule has 1 fully saturated rings. The molecule has 4 amide bonds. The topological polar surface area (TPSA) is 66.5 Å². The fourth-order valence-electron chi connectivity index (χ4n) is 2.68. The van der Waals surface area contributed by atoms with Crippen LogP contribution in [0.2, 0.25) is 0 Å². The molecular formula is C13H12N2O3. The largest absolute Gasteiger partial charge is 0.331 e. The molecule has 0 saturated carbocycles. The minimum absolute atomic E-state index is 0.234. The zero-order valence-electron chi connectivity index (χ0n) is 9.68.